The molecule has 1 heterocycles. The Morgan fingerprint density at radius 3 is 2.62 bits per heavy atom. The van der Waals surface area contributed by atoms with Gasteiger partial charge in [-0.2, -0.15) is 0 Å². The molecule has 1 fully saturated rings. The summed E-state index contributed by atoms with van der Waals surface area (Å²) < 4.78 is 10.6. The highest BCUT2D eigenvalue weighted by Gasteiger charge is 2.27. The van der Waals surface area contributed by atoms with Crippen molar-refractivity contribution in [3.05, 3.63) is 24.3 Å². The van der Waals surface area contributed by atoms with Gasteiger partial charge >= 0.3 is 5.97 Å². The highest BCUT2D eigenvalue weighted by atomic mass is 16.5. The van der Waals surface area contributed by atoms with Crippen molar-refractivity contribution in [1.82, 2.24) is 4.90 Å². The van der Waals surface area contributed by atoms with Crippen LogP contribution in [0.25, 0.3) is 0 Å². The van der Waals surface area contributed by atoms with Crippen LogP contribution < -0.4 is 10.5 Å². The molecule has 0 spiro atoms. The summed E-state index contributed by atoms with van der Waals surface area (Å²) in [6.07, 6.45) is 2.45. The number of nitrogens with two attached hydrogens (primary N) is 1. The summed E-state index contributed by atoms with van der Waals surface area (Å²) in [6.45, 7) is 3.91. The standard InChI is InChI=1S/C18H26N2O4/c1-2-23-18(22)14-9-11-20(12-10-14)17(21)8-5-13-24-16-7-4-3-6-15(16)19/h3-4,6-7,14H,2,5,8-13,19H2,1H3. The SMILES string of the molecule is CCOC(=O)C1CCN(C(=O)CCCOc2ccccc2N)CC1. The molecular weight excluding hydrogens is 308 g/mol. The molecule has 1 aliphatic heterocycles. The molecule has 0 radical (unpaired) electrons. The van der Waals surface area contributed by atoms with Crippen molar-refractivity contribution in [2.75, 3.05) is 32.0 Å². The van der Waals surface area contributed by atoms with E-state index < -0.39 is 0 Å². The van der Waals surface area contributed by atoms with Gasteiger partial charge < -0.3 is 20.1 Å². The first kappa shape index (κ1) is 18.1. The van der Waals surface area contributed by atoms with E-state index in [1.807, 2.05) is 30.0 Å². The summed E-state index contributed by atoms with van der Waals surface area (Å²) >= 11 is 0. The maximum Gasteiger partial charge on any atom is 0.309 e. The number of carbonyl (C=O) groups excluding carboxylic acids is 2. The normalized spacial score (nSPS) is 15.1. The number of anilines is 1. The van der Waals surface area contributed by atoms with Crippen LogP contribution in [0, 0.1) is 5.92 Å². The number of benzene rings is 1. The van der Waals surface area contributed by atoms with E-state index in [2.05, 4.69) is 0 Å². The van der Waals surface area contributed by atoms with Crippen molar-refractivity contribution in [1.29, 1.82) is 0 Å². The Morgan fingerprint density at radius 1 is 1.25 bits per heavy atom. The molecule has 132 valence electrons. The zero-order valence-corrected chi connectivity index (χ0v) is 14.2. The summed E-state index contributed by atoms with van der Waals surface area (Å²) in [7, 11) is 0. The number of esters is 1. The monoisotopic (exact) mass is 334 g/mol. The second kappa shape index (κ2) is 9.15. The molecule has 1 aliphatic rings. The van der Waals surface area contributed by atoms with Crippen molar-refractivity contribution in [3.63, 3.8) is 0 Å². The molecule has 6 heteroatoms. The van der Waals surface area contributed by atoms with Crippen LogP contribution in [0.5, 0.6) is 5.75 Å². The topological polar surface area (TPSA) is 81.9 Å². The van der Waals surface area contributed by atoms with Gasteiger partial charge in [-0.3, -0.25) is 9.59 Å². The highest BCUT2D eigenvalue weighted by molar-refractivity contribution is 5.77. The van der Waals surface area contributed by atoms with E-state index in [1.54, 1.807) is 6.07 Å². The van der Waals surface area contributed by atoms with Gasteiger partial charge in [0.2, 0.25) is 5.91 Å². The number of nitrogen functional groups attached to an aromatic ring is 1. The number of amides is 1. The summed E-state index contributed by atoms with van der Waals surface area (Å²) in [5.41, 5.74) is 6.40. The maximum atomic E-state index is 12.2. The second-order valence-corrected chi connectivity index (χ2v) is 5.90. The molecule has 6 nitrogen and oxygen atoms in total. The van der Waals surface area contributed by atoms with Crippen LogP contribution in [0.2, 0.25) is 0 Å². The Morgan fingerprint density at radius 2 is 1.96 bits per heavy atom. The van der Waals surface area contributed by atoms with Crippen LogP contribution in [0.4, 0.5) is 5.69 Å². The van der Waals surface area contributed by atoms with Crippen LogP contribution >= 0.6 is 0 Å². The van der Waals surface area contributed by atoms with Crippen molar-refractivity contribution in [3.8, 4) is 5.75 Å². The lowest BCUT2D eigenvalue weighted by atomic mass is 9.97. The maximum absolute atomic E-state index is 12.2. The van der Waals surface area contributed by atoms with E-state index in [-0.39, 0.29) is 17.8 Å². The Bertz CT molecular complexity index is 554. The number of piperidine rings is 1. The van der Waals surface area contributed by atoms with E-state index in [1.165, 1.54) is 0 Å². The number of para-hydroxylation sites is 2. The lowest BCUT2D eigenvalue weighted by Crippen LogP contribution is -2.40. The number of hydrogen-bond donors (Lipinski definition) is 1. The number of ether oxygens (including phenoxy) is 2. The minimum Gasteiger partial charge on any atom is -0.491 e. The molecular formula is C18H26N2O4. The van der Waals surface area contributed by atoms with Gasteiger partial charge in [0, 0.05) is 19.5 Å². The number of likely N-dealkylation sites (tertiary alicyclic amines) is 1. The molecule has 0 aliphatic carbocycles. The van der Waals surface area contributed by atoms with Gasteiger partial charge in [0.15, 0.2) is 0 Å². The van der Waals surface area contributed by atoms with Gasteiger partial charge in [-0.1, -0.05) is 12.1 Å². The third kappa shape index (κ3) is 5.15. The Balaban J connectivity index is 1.65. The average Bonchev–Trinajstić information content (AvgIpc) is 2.60. The molecule has 0 aromatic heterocycles. The number of hydrogen-bond acceptors (Lipinski definition) is 5. The predicted molar refractivity (Wildman–Crippen MR) is 91.5 cm³/mol. The van der Waals surface area contributed by atoms with Gasteiger partial charge in [-0.05, 0) is 38.3 Å². The summed E-state index contributed by atoms with van der Waals surface area (Å²) in [5, 5.41) is 0. The molecule has 1 aromatic rings. The zero-order valence-electron chi connectivity index (χ0n) is 14.2. The predicted octanol–water partition coefficient (Wildman–Crippen LogP) is 2.23. The summed E-state index contributed by atoms with van der Waals surface area (Å²) in [6, 6.07) is 7.32. The number of nitrogens with zero attached hydrogens (tertiary/aromatic N) is 1. The van der Waals surface area contributed by atoms with E-state index in [0.29, 0.717) is 63.4 Å². The molecule has 24 heavy (non-hydrogen) atoms. The van der Waals surface area contributed by atoms with Crippen LogP contribution in [-0.4, -0.2) is 43.1 Å². The molecule has 1 saturated heterocycles. The van der Waals surface area contributed by atoms with Gasteiger partial charge in [-0.25, -0.2) is 0 Å². The van der Waals surface area contributed by atoms with Crippen LogP contribution in [0.3, 0.4) is 0 Å². The second-order valence-electron chi connectivity index (χ2n) is 5.90. The van der Waals surface area contributed by atoms with E-state index in [4.69, 9.17) is 15.2 Å². The quantitative estimate of drug-likeness (QED) is 0.470. The third-order valence-electron chi connectivity index (χ3n) is 4.18. The smallest absolute Gasteiger partial charge is 0.309 e. The average molecular weight is 334 g/mol. The van der Waals surface area contributed by atoms with E-state index >= 15 is 0 Å². The van der Waals surface area contributed by atoms with Crippen LogP contribution in [0.1, 0.15) is 32.6 Å². The summed E-state index contributed by atoms with van der Waals surface area (Å²) in [4.78, 5) is 25.7. The first-order valence-corrected chi connectivity index (χ1v) is 8.53. The summed E-state index contributed by atoms with van der Waals surface area (Å²) in [5.74, 6) is 0.555. The number of rotatable bonds is 7. The first-order valence-electron chi connectivity index (χ1n) is 8.53. The van der Waals surface area contributed by atoms with Gasteiger partial charge in [0.25, 0.3) is 0 Å². The van der Waals surface area contributed by atoms with E-state index in [9.17, 15) is 9.59 Å². The van der Waals surface area contributed by atoms with Crippen LogP contribution in [0.15, 0.2) is 24.3 Å². The Labute approximate surface area is 142 Å². The first-order chi connectivity index (χ1) is 11.6. The van der Waals surface area contributed by atoms with Gasteiger partial charge in [0.1, 0.15) is 5.75 Å². The van der Waals surface area contributed by atoms with Gasteiger partial charge in [-0.15, -0.1) is 0 Å². The van der Waals surface area contributed by atoms with Crippen molar-refractivity contribution < 1.29 is 19.1 Å². The van der Waals surface area contributed by atoms with Crippen molar-refractivity contribution in [2.45, 2.75) is 32.6 Å². The minimum absolute atomic E-state index is 0.0709. The van der Waals surface area contributed by atoms with E-state index in [0.717, 1.165) is 0 Å². The molecule has 0 unspecified atom stereocenters. The van der Waals surface area contributed by atoms with Crippen molar-refractivity contribution >= 4 is 17.6 Å². The minimum atomic E-state index is -0.140. The molecule has 2 N–H and O–H groups in total. The molecule has 1 amide bonds. The lowest BCUT2D eigenvalue weighted by Gasteiger charge is -2.31. The third-order valence-corrected chi connectivity index (χ3v) is 4.18. The van der Waals surface area contributed by atoms with Crippen LogP contribution in [-0.2, 0) is 14.3 Å². The number of carbonyl (C=O) groups is 2. The lowest BCUT2D eigenvalue weighted by molar-refractivity contribution is -0.151. The molecule has 0 saturated carbocycles. The molecule has 2 rings (SSSR count). The van der Waals surface area contributed by atoms with Gasteiger partial charge in [0.05, 0.1) is 24.8 Å². The highest BCUT2D eigenvalue weighted by Crippen LogP contribution is 2.21. The fourth-order valence-electron chi connectivity index (χ4n) is 2.80. The Kier molecular flexibility index (Phi) is 6.90. The molecule has 1 aromatic carbocycles. The largest absolute Gasteiger partial charge is 0.491 e. The molecule has 0 bridgehead atoms. The Hall–Kier alpha value is -2.24. The van der Waals surface area contributed by atoms with Crippen molar-refractivity contribution in [2.24, 2.45) is 5.92 Å². The fraction of sp³-hybridized carbons (Fsp3) is 0.556. The fourth-order valence-corrected chi connectivity index (χ4v) is 2.80. The zero-order chi connectivity index (χ0) is 17.4. The molecule has 0 atom stereocenters.